The van der Waals surface area contributed by atoms with Crippen molar-refractivity contribution in [1.29, 1.82) is 0 Å². The molecule has 0 amide bonds. The molecule has 0 saturated carbocycles. The van der Waals surface area contributed by atoms with E-state index in [0.717, 1.165) is 36.0 Å². The summed E-state index contributed by atoms with van der Waals surface area (Å²) in [5, 5.41) is 1.11. The highest BCUT2D eigenvalue weighted by Crippen LogP contribution is 2.11. The van der Waals surface area contributed by atoms with Crippen LogP contribution < -0.4 is 0 Å². The van der Waals surface area contributed by atoms with Gasteiger partial charge in [-0.05, 0) is 49.9 Å². The van der Waals surface area contributed by atoms with Crippen LogP contribution in [0.5, 0.6) is 0 Å². The quantitative estimate of drug-likeness (QED) is 0.559. The highest BCUT2D eigenvalue weighted by Gasteiger charge is 1.98. The molecular formula is C14H16N2. The largest absolute Gasteiger partial charge is 0.237 e. The molecule has 0 radical (unpaired) electrons. The van der Waals surface area contributed by atoms with Crippen LogP contribution in [0.1, 0.15) is 25.0 Å². The molecule has 82 valence electrons. The molecule has 2 heterocycles. The predicted molar refractivity (Wildman–Crippen MR) is 67.3 cm³/mol. The maximum absolute atomic E-state index is 4.54. The van der Waals surface area contributed by atoms with E-state index < -0.39 is 0 Å². The average molecular weight is 212 g/mol. The highest BCUT2D eigenvalue weighted by molar-refractivity contribution is 5.74. The second kappa shape index (κ2) is 5.40. The number of hydrogen-bond donors (Lipinski definition) is 0. The second-order valence-corrected chi connectivity index (χ2v) is 3.89. The number of unbranched alkanes of at least 4 members (excludes halogenated alkanes) is 2. The minimum Gasteiger partial charge on any atom is -0.237 e. The number of allylic oxidation sites excluding steroid dienone is 1. The normalized spacial score (nSPS) is 10.5. The first-order valence-electron chi connectivity index (χ1n) is 5.72. The first-order chi connectivity index (χ1) is 7.90. The van der Waals surface area contributed by atoms with Gasteiger partial charge in [0.15, 0.2) is 5.65 Å². The molecule has 0 bridgehead atoms. The Kier molecular flexibility index (Phi) is 3.65. The van der Waals surface area contributed by atoms with Crippen LogP contribution in [0.2, 0.25) is 0 Å². The fourth-order valence-electron chi connectivity index (χ4n) is 1.73. The van der Waals surface area contributed by atoms with Crippen LogP contribution in [0.3, 0.4) is 0 Å². The van der Waals surface area contributed by atoms with Crippen molar-refractivity contribution in [3.05, 3.63) is 48.8 Å². The van der Waals surface area contributed by atoms with Gasteiger partial charge < -0.3 is 0 Å². The molecule has 0 saturated heterocycles. The number of fused-ring (bicyclic) bond motifs is 1. The van der Waals surface area contributed by atoms with E-state index in [1.165, 1.54) is 6.42 Å². The first kappa shape index (κ1) is 10.8. The molecule has 2 aromatic heterocycles. The van der Waals surface area contributed by atoms with Crippen molar-refractivity contribution in [3.63, 3.8) is 0 Å². The predicted octanol–water partition coefficient (Wildman–Crippen LogP) is 3.53. The molecule has 2 aromatic rings. The smallest absolute Gasteiger partial charge is 0.159 e. The molecule has 0 aliphatic heterocycles. The Balaban J connectivity index is 2.05. The minimum absolute atomic E-state index is 0.851. The topological polar surface area (TPSA) is 25.8 Å². The first-order valence-corrected chi connectivity index (χ1v) is 5.72. The summed E-state index contributed by atoms with van der Waals surface area (Å²) in [6, 6.07) is 8.17. The van der Waals surface area contributed by atoms with E-state index in [0.29, 0.717) is 0 Å². The van der Waals surface area contributed by atoms with Gasteiger partial charge in [-0.2, -0.15) is 0 Å². The fourth-order valence-corrected chi connectivity index (χ4v) is 1.73. The zero-order valence-corrected chi connectivity index (χ0v) is 9.39. The van der Waals surface area contributed by atoms with Gasteiger partial charge >= 0.3 is 0 Å². The maximum atomic E-state index is 4.54. The van der Waals surface area contributed by atoms with E-state index in [-0.39, 0.29) is 0 Å². The number of pyridine rings is 2. The summed E-state index contributed by atoms with van der Waals surface area (Å²) in [4.78, 5) is 8.79. The summed E-state index contributed by atoms with van der Waals surface area (Å²) in [5.74, 6) is 0. The van der Waals surface area contributed by atoms with E-state index >= 15 is 0 Å². The van der Waals surface area contributed by atoms with Crippen molar-refractivity contribution in [2.45, 2.75) is 25.7 Å². The molecule has 0 spiro atoms. The molecule has 0 fully saturated rings. The van der Waals surface area contributed by atoms with Crippen molar-refractivity contribution < 1.29 is 0 Å². The van der Waals surface area contributed by atoms with Crippen molar-refractivity contribution in [3.8, 4) is 0 Å². The monoisotopic (exact) mass is 212 g/mol. The standard InChI is InChI=1S/C14H16N2/c1-2-3-4-5-8-13-10-9-12-7-6-11-15-14(12)16-13/h2,6-7,9-11H,1,3-5,8H2. The Labute approximate surface area is 96.1 Å². The molecule has 2 heteroatoms. The lowest BCUT2D eigenvalue weighted by molar-refractivity contribution is 0.737. The van der Waals surface area contributed by atoms with Gasteiger partial charge in [0.05, 0.1) is 0 Å². The van der Waals surface area contributed by atoms with Gasteiger partial charge in [-0.1, -0.05) is 6.08 Å². The van der Waals surface area contributed by atoms with E-state index in [2.05, 4.69) is 28.7 Å². The van der Waals surface area contributed by atoms with Gasteiger partial charge in [0.25, 0.3) is 0 Å². The lowest BCUT2D eigenvalue weighted by Gasteiger charge is -2.01. The SMILES string of the molecule is C=CCCCCc1ccc2cccnc2n1. The summed E-state index contributed by atoms with van der Waals surface area (Å²) < 4.78 is 0. The van der Waals surface area contributed by atoms with Gasteiger partial charge in [-0.3, -0.25) is 0 Å². The zero-order valence-electron chi connectivity index (χ0n) is 9.39. The molecule has 2 nitrogen and oxygen atoms in total. The van der Waals surface area contributed by atoms with Crippen LogP contribution in [0.4, 0.5) is 0 Å². The van der Waals surface area contributed by atoms with Crippen LogP contribution >= 0.6 is 0 Å². The molecule has 0 unspecified atom stereocenters. The van der Waals surface area contributed by atoms with Crippen molar-refractivity contribution >= 4 is 11.0 Å². The lowest BCUT2D eigenvalue weighted by atomic mass is 10.1. The van der Waals surface area contributed by atoms with Crippen LogP contribution in [-0.2, 0) is 6.42 Å². The third kappa shape index (κ3) is 2.66. The second-order valence-electron chi connectivity index (χ2n) is 3.89. The fraction of sp³-hybridized carbons (Fsp3) is 0.286. The van der Waals surface area contributed by atoms with E-state index in [9.17, 15) is 0 Å². The Morgan fingerprint density at radius 1 is 1.19 bits per heavy atom. The van der Waals surface area contributed by atoms with Gasteiger partial charge in [-0.15, -0.1) is 6.58 Å². The average Bonchev–Trinajstić information content (AvgIpc) is 2.34. The summed E-state index contributed by atoms with van der Waals surface area (Å²) >= 11 is 0. The third-order valence-electron chi connectivity index (χ3n) is 2.61. The molecule has 0 aromatic carbocycles. The van der Waals surface area contributed by atoms with Crippen molar-refractivity contribution in [2.24, 2.45) is 0 Å². The number of rotatable bonds is 5. The molecular weight excluding hydrogens is 196 g/mol. The molecule has 0 atom stereocenters. The number of nitrogens with zero attached hydrogens (tertiary/aromatic N) is 2. The highest BCUT2D eigenvalue weighted by atomic mass is 14.8. The molecule has 16 heavy (non-hydrogen) atoms. The van der Waals surface area contributed by atoms with Gasteiger partial charge in [0.2, 0.25) is 0 Å². The van der Waals surface area contributed by atoms with E-state index in [1.807, 2.05) is 18.2 Å². The van der Waals surface area contributed by atoms with Crippen LogP contribution in [0.15, 0.2) is 43.1 Å². The Morgan fingerprint density at radius 3 is 3.00 bits per heavy atom. The third-order valence-corrected chi connectivity index (χ3v) is 2.61. The van der Waals surface area contributed by atoms with E-state index in [4.69, 9.17) is 0 Å². The minimum atomic E-state index is 0.851. The summed E-state index contributed by atoms with van der Waals surface area (Å²) in [7, 11) is 0. The van der Waals surface area contributed by atoms with Gasteiger partial charge in [-0.25, -0.2) is 9.97 Å². The summed E-state index contributed by atoms with van der Waals surface area (Å²) in [6.45, 7) is 3.72. The Bertz CT molecular complexity index is 477. The molecule has 2 rings (SSSR count). The van der Waals surface area contributed by atoms with E-state index in [1.54, 1.807) is 6.20 Å². The Hall–Kier alpha value is -1.70. The number of hydrogen-bond acceptors (Lipinski definition) is 2. The van der Waals surface area contributed by atoms with Crippen LogP contribution in [0, 0.1) is 0 Å². The lowest BCUT2D eigenvalue weighted by Crippen LogP contribution is -1.92. The molecule has 0 N–H and O–H groups in total. The maximum Gasteiger partial charge on any atom is 0.159 e. The summed E-state index contributed by atoms with van der Waals surface area (Å²) in [6.07, 6.45) is 8.22. The Morgan fingerprint density at radius 2 is 2.12 bits per heavy atom. The molecule has 0 aliphatic rings. The van der Waals surface area contributed by atoms with Crippen LogP contribution in [-0.4, -0.2) is 9.97 Å². The van der Waals surface area contributed by atoms with Gasteiger partial charge in [0.1, 0.15) is 0 Å². The van der Waals surface area contributed by atoms with Gasteiger partial charge in [0, 0.05) is 17.3 Å². The number of aromatic nitrogens is 2. The van der Waals surface area contributed by atoms with Crippen molar-refractivity contribution in [1.82, 2.24) is 9.97 Å². The zero-order chi connectivity index (χ0) is 11.2. The molecule has 0 aliphatic carbocycles. The van der Waals surface area contributed by atoms with Crippen LogP contribution in [0.25, 0.3) is 11.0 Å². The number of aryl methyl sites for hydroxylation is 1. The summed E-state index contributed by atoms with van der Waals surface area (Å²) in [5.41, 5.74) is 1.99. The van der Waals surface area contributed by atoms with Crippen molar-refractivity contribution in [2.75, 3.05) is 0 Å².